The van der Waals surface area contributed by atoms with E-state index in [1.807, 2.05) is 0 Å². The summed E-state index contributed by atoms with van der Waals surface area (Å²) in [4.78, 5) is 7.62. The minimum Gasteiger partial charge on any atom is -0.378 e. The van der Waals surface area contributed by atoms with Crippen molar-refractivity contribution in [3.8, 4) is 0 Å². The molecule has 4 heteroatoms. The molecule has 4 rings (SSSR count). The summed E-state index contributed by atoms with van der Waals surface area (Å²) in [5.74, 6) is 0. The van der Waals surface area contributed by atoms with Crippen LogP contribution in [0.3, 0.4) is 0 Å². The SMILES string of the molecule is CC(C)(C)c1cccc(N2CCN(CC(C)(C)c3ccc(N4CCOCC4)cc3)CC2)c1. The summed E-state index contributed by atoms with van der Waals surface area (Å²) >= 11 is 0. The quantitative estimate of drug-likeness (QED) is 0.663. The van der Waals surface area contributed by atoms with Gasteiger partial charge in [0.15, 0.2) is 0 Å². The summed E-state index contributed by atoms with van der Waals surface area (Å²) < 4.78 is 5.49. The van der Waals surface area contributed by atoms with E-state index in [0.717, 1.165) is 59.0 Å². The van der Waals surface area contributed by atoms with E-state index < -0.39 is 0 Å². The van der Waals surface area contributed by atoms with Gasteiger partial charge in [0, 0.05) is 62.6 Å². The molecule has 4 nitrogen and oxygen atoms in total. The Kier molecular flexibility index (Phi) is 6.83. The molecule has 0 amide bonds. The lowest BCUT2D eigenvalue weighted by Crippen LogP contribution is -2.50. The second-order valence-corrected chi connectivity index (χ2v) is 11.1. The predicted octanol–water partition coefficient (Wildman–Crippen LogP) is 4.92. The molecule has 2 aliphatic rings. The Morgan fingerprint density at radius 2 is 1.31 bits per heavy atom. The number of nitrogens with zero attached hydrogens (tertiary/aromatic N) is 3. The number of benzene rings is 2. The molecule has 174 valence electrons. The van der Waals surface area contributed by atoms with Crippen molar-refractivity contribution in [2.24, 2.45) is 0 Å². The van der Waals surface area contributed by atoms with E-state index in [4.69, 9.17) is 4.74 Å². The van der Waals surface area contributed by atoms with Crippen LogP contribution in [-0.2, 0) is 15.6 Å². The van der Waals surface area contributed by atoms with Crippen LogP contribution < -0.4 is 9.80 Å². The topological polar surface area (TPSA) is 19.0 Å². The molecule has 0 aromatic heterocycles. The van der Waals surface area contributed by atoms with Gasteiger partial charge in [0.05, 0.1) is 13.2 Å². The van der Waals surface area contributed by atoms with E-state index in [0.29, 0.717) is 0 Å². The normalized spacial score (nSPS) is 18.8. The summed E-state index contributed by atoms with van der Waals surface area (Å²) in [6, 6.07) is 18.4. The van der Waals surface area contributed by atoms with Crippen molar-refractivity contribution < 1.29 is 4.74 Å². The van der Waals surface area contributed by atoms with Crippen LogP contribution in [0.5, 0.6) is 0 Å². The Labute approximate surface area is 195 Å². The van der Waals surface area contributed by atoms with Gasteiger partial charge in [0.2, 0.25) is 0 Å². The number of anilines is 2. The summed E-state index contributed by atoms with van der Waals surface area (Å²) in [6.45, 7) is 20.8. The van der Waals surface area contributed by atoms with Crippen LogP contribution in [0.25, 0.3) is 0 Å². The first kappa shape index (κ1) is 23.1. The summed E-state index contributed by atoms with van der Waals surface area (Å²) in [7, 11) is 0. The number of morpholine rings is 1. The lowest BCUT2D eigenvalue weighted by atomic mass is 9.83. The third kappa shape index (κ3) is 5.47. The van der Waals surface area contributed by atoms with Gasteiger partial charge in [0.25, 0.3) is 0 Å². The molecular formula is C28H41N3O. The van der Waals surface area contributed by atoms with Gasteiger partial charge in [-0.05, 0) is 40.8 Å². The van der Waals surface area contributed by atoms with Crippen LogP contribution in [0.4, 0.5) is 11.4 Å². The molecule has 0 N–H and O–H groups in total. The molecule has 0 saturated carbocycles. The third-order valence-corrected chi connectivity index (χ3v) is 7.09. The molecule has 2 saturated heterocycles. The first-order valence-electron chi connectivity index (χ1n) is 12.2. The van der Waals surface area contributed by atoms with E-state index in [2.05, 4.69) is 97.8 Å². The number of hydrogen-bond donors (Lipinski definition) is 0. The molecule has 2 aromatic rings. The standard InChI is InChI=1S/C28H41N3O/c1-27(2,3)24-7-6-8-26(21-24)30-15-13-29(14-16-30)22-28(4,5)23-9-11-25(12-10-23)31-17-19-32-20-18-31/h6-12,21H,13-20,22H2,1-5H3. The Bertz CT molecular complexity index is 870. The Morgan fingerprint density at radius 1 is 0.688 bits per heavy atom. The summed E-state index contributed by atoms with van der Waals surface area (Å²) in [5.41, 5.74) is 5.86. The second-order valence-electron chi connectivity index (χ2n) is 11.1. The van der Waals surface area contributed by atoms with Crippen molar-refractivity contribution in [3.05, 3.63) is 59.7 Å². The smallest absolute Gasteiger partial charge is 0.0642 e. The van der Waals surface area contributed by atoms with Gasteiger partial charge in [-0.2, -0.15) is 0 Å². The van der Waals surface area contributed by atoms with Crippen molar-refractivity contribution in [1.82, 2.24) is 4.90 Å². The lowest BCUT2D eigenvalue weighted by Gasteiger charge is -2.40. The van der Waals surface area contributed by atoms with Gasteiger partial charge in [-0.25, -0.2) is 0 Å². The highest BCUT2D eigenvalue weighted by Crippen LogP contribution is 2.29. The van der Waals surface area contributed by atoms with Gasteiger partial charge in [-0.3, -0.25) is 4.90 Å². The highest BCUT2D eigenvalue weighted by Gasteiger charge is 2.27. The number of rotatable bonds is 5. The molecule has 2 aromatic carbocycles. The summed E-state index contributed by atoms with van der Waals surface area (Å²) in [5, 5.41) is 0. The van der Waals surface area contributed by atoms with Crippen LogP contribution in [-0.4, -0.2) is 63.9 Å². The van der Waals surface area contributed by atoms with E-state index in [-0.39, 0.29) is 10.8 Å². The van der Waals surface area contributed by atoms with Crippen molar-refractivity contribution in [3.63, 3.8) is 0 Å². The number of hydrogen-bond acceptors (Lipinski definition) is 4. The molecule has 2 heterocycles. The highest BCUT2D eigenvalue weighted by molar-refractivity contribution is 5.51. The first-order chi connectivity index (χ1) is 15.2. The first-order valence-corrected chi connectivity index (χ1v) is 12.2. The molecule has 0 radical (unpaired) electrons. The third-order valence-electron chi connectivity index (χ3n) is 7.09. The van der Waals surface area contributed by atoms with Crippen molar-refractivity contribution in [2.75, 3.05) is 68.8 Å². The fourth-order valence-electron chi connectivity index (χ4n) is 4.93. The molecule has 0 unspecified atom stereocenters. The number of ether oxygens (including phenoxy) is 1. The number of piperazine rings is 1. The van der Waals surface area contributed by atoms with Gasteiger partial charge >= 0.3 is 0 Å². The maximum absolute atomic E-state index is 5.49. The zero-order valence-corrected chi connectivity index (χ0v) is 20.7. The van der Waals surface area contributed by atoms with Gasteiger partial charge in [0.1, 0.15) is 0 Å². The van der Waals surface area contributed by atoms with E-state index in [9.17, 15) is 0 Å². The van der Waals surface area contributed by atoms with Crippen LogP contribution in [0, 0.1) is 0 Å². The fraction of sp³-hybridized carbons (Fsp3) is 0.571. The Morgan fingerprint density at radius 3 is 1.94 bits per heavy atom. The lowest BCUT2D eigenvalue weighted by molar-refractivity contribution is 0.122. The fourth-order valence-corrected chi connectivity index (χ4v) is 4.93. The van der Waals surface area contributed by atoms with Crippen LogP contribution in [0.15, 0.2) is 48.5 Å². The molecule has 0 atom stereocenters. The molecular weight excluding hydrogens is 394 g/mol. The van der Waals surface area contributed by atoms with Crippen molar-refractivity contribution >= 4 is 11.4 Å². The van der Waals surface area contributed by atoms with Gasteiger partial charge in [-0.1, -0.05) is 58.9 Å². The van der Waals surface area contributed by atoms with Gasteiger partial charge in [-0.15, -0.1) is 0 Å². The van der Waals surface area contributed by atoms with Crippen molar-refractivity contribution in [1.29, 1.82) is 0 Å². The van der Waals surface area contributed by atoms with E-state index >= 15 is 0 Å². The Balaban J connectivity index is 1.34. The molecule has 32 heavy (non-hydrogen) atoms. The van der Waals surface area contributed by atoms with E-state index in [1.165, 1.54) is 22.5 Å². The van der Waals surface area contributed by atoms with E-state index in [1.54, 1.807) is 0 Å². The maximum Gasteiger partial charge on any atom is 0.0642 e. The minimum absolute atomic E-state index is 0.137. The molecule has 0 spiro atoms. The van der Waals surface area contributed by atoms with Crippen molar-refractivity contribution in [2.45, 2.75) is 45.4 Å². The average Bonchev–Trinajstić information content (AvgIpc) is 2.80. The maximum atomic E-state index is 5.49. The summed E-state index contributed by atoms with van der Waals surface area (Å²) in [6.07, 6.45) is 0. The van der Waals surface area contributed by atoms with Gasteiger partial charge < -0.3 is 14.5 Å². The monoisotopic (exact) mass is 435 g/mol. The molecule has 0 aliphatic carbocycles. The average molecular weight is 436 g/mol. The largest absolute Gasteiger partial charge is 0.378 e. The van der Waals surface area contributed by atoms with Crippen LogP contribution in [0.1, 0.15) is 45.7 Å². The second kappa shape index (κ2) is 9.44. The predicted molar refractivity (Wildman–Crippen MR) is 136 cm³/mol. The molecule has 2 aliphatic heterocycles. The zero-order valence-electron chi connectivity index (χ0n) is 20.7. The highest BCUT2D eigenvalue weighted by atomic mass is 16.5. The zero-order chi connectivity index (χ0) is 22.8. The Hall–Kier alpha value is -2.04. The molecule has 0 bridgehead atoms. The van der Waals surface area contributed by atoms with Crippen LogP contribution in [0.2, 0.25) is 0 Å². The van der Waals surface area contributed by atoms with Crippen LogP contribution >= 0.6 is 0 Å². The minimum atomic E-state index is 0.137. The molecule has 2 fully saturated rings.